The van der Waals surface area contributed by atoms with Crippen LogP contribution in [0, 0.1) is 0 Å². The van der Waals surface area contributed by atoms with Crippen molar-refractivity contribution in [1.29, 1.82) is 0 Å². The Kier molecular flexibility index (Phi) is 11.2. The second-order valence-electron chi connectivity index (χ2n) is 7.31. The molecule has 0 bridgehead atoms. The lowest BCUT2D eigenvalue weighted by atomic mass is 10.1. The van der Waals surface area contributed by atoms with E-state index in [0.717, 1.165) is 23.3 Å². The molecule has 0 aliphatic carbocycles. The van der Waals surface area contributed by atoms with Gasteiger partial charge in [0.1, 0.15) is 11.8 Å². The monoisotopic (exact) mass is 496 g/mol. The third-order valence-electron chi connectivity index (χ3n) is 4.94. The first kappa shape index (κ1) is 26.4. The van der Waals surface area contributed by atoms with E-state index in [9.17, 15) is 9.59 Å². The summed E-state index contributed by atoms with van der Waals surface area (Å²) in [6, 6.07) is 12.4. The first-order valence-corrected chi connectivity index (χ1v) is 12.5. The van der Waals surface area contributed by atoms with Gasteiger partial charge in [-0.3, -0.25) is 9.59 Å². The molecule has 1 atom stereocenters. The van der Waals surface area contributed by atoms with Crippen molar-refractivity contribution in [2.45, 2.75) is 45.0 Å². The van der Waals surface area contributed by atoms with Crippen molar-refractivity contribution in [3.05, 3.63) is 63.6 Å². The van der Waals surface area contributed by atoms with E-state index in [4.69, 9.17) is 27.9 Å². The third kappa shape index (κ3) is 7.91. The molecule has 2 aromatic carbocycles. The maximum Gasteiger partial charge on any atom is 0.242 e. The molecule has 0 aromatic heterocycles. The lowest BCUT2D eigenvalue weighted by Gasteiger charge is -2.31. The zero-order chi connectivity index (χ0) is 23.5. The predicted octanol–water partition coefficient (Wildman–Crippen LogP) is 5.57. The van der Waals surface area contributed by atoms with Gasteiger partial charge >= 0.3 is 0 Å². The zero-order valence-corrected chi connectivity index (χ0v) is 21.0. The lowest BCUT2D eigenvalue weighted by Crippen LogP contribution is -2.49. The lowest BCUT2D eigenvalue weighted by molar-refractivity contribution is -0.139. The van der Waals surface area contributed by atoms with Crippen LogP contribution in [0.1, 0.15) is 37.8 Å². The van der Waals surface area contributed by atoms with Crippen LogP contribution in [0.3, 0.4) is 0 Å². The fourth-order valence-corrected chi connectivity index (χ4v) is 4.52. The Labute approximate surface area is 204 Å². The van der Waals surface area contributed by atoms with Crippen LogP contribution < -0.4 is 10.1 Å². The van der Waals surface area contributed by atoms with E-state index in [1.807, 2.05) is 38.1 Å². The second-order valence-corrected chi connectivity index (χ2v) is 9.14. The van der Waals surface area contributed by atoms with Crippen molar-refractivity contribution >= 4 is 46.8 Å². The Hall–Kier alpha value is -1.89. The smallest absolute Gasteiger partial charge is 0.242 e. The van der Waals surface area contributed by atoms with Crippen LogP contribution in [-0.4, -0.2) is 42.2 Å². The number of carbonyl (C=O) groups excluding carboxylic acids is 2. The molecule has 0 aliphatic heterocycles. The molecule has 0 fully saturated rings. The van der Waals surface area contributed by atoms with Crippen LogP contribution in [0.2, 0.25) is 10.0 Å². The van der Waals surface area contributed by atoms with E-state index in [0.29, 0.717) is 28.8 Å². The number of hydrogen-bond donors (Lipinski definition) is 1. The summed E-state index contributed by atoms with van der Waals surface area (Å²) in [6.45, 7) is 4.72. The summed E-state index contributed by atoms with van der Waals surface area (Å²) in [4.78, 5) is 27.6. The van der Waals surface area contributed by atoms with E-state index < -0.39 is 6.04 Å². The van der Waals surface area contributed by atoms with Crippen LogP contribution in [0.15, 0.2) is 42.5 Å². The highest BCUT2D eigenvalue weighted by Gasteiger charge is 2.28. The molecule has 174 valence electrons. The van der Waals surface area contributed by atoms with Gasteiger partial charge in [0.2, 0.25) is 11.8 Å². The van der Waals surface area contributed by atoms with Crippen LogP contribution in [0.25, 0.3) is 0 Å². The van der Waals surface area contributed by atoms with Gasteiger partial charge in [0, 0.05) is 28.9 Å². The number of amides is 2. The van der Waals surface area contributed by atoms with Gasteiger partial charge in [-0.1, -0.05) is 55.2 Å². The van der Waals surface area contributed by atoms with Gasteiger partial charge in [-0.15, -0.1) is 11.8 Å². The molecular weight excluding hydrogens is 467 g/mol. The summed E-state index contributed by atoms with van der Waals surface area (Å²) >= 11 is 13.9. The van der Waals surface area contributed by atoms with E-state index in [1.54, 1.807) is 30.2 Å². The number of ether oxygens (including phenoxy) is 1. The summed E-state index contributed by atoms with van der Waals surface area (Å²) in [5, 5.41) is 3.92. The highest BCUT2D eigenvalue weighted by molar-refractivity contribution is 7.99. The minimum atomic E-state index is -0.567. The Morgan fingerprint density at radius 3 is 2.44 bits per heavy atom. The van der Waals surface area contributed by atoms with E-state index in [2.05, 4.69) is 5.32 Å². The largest absolute Gasteiger partial charge is 0.497 e. The van der Waals surface area contributed by atoms with Gasteiger partial charge in [-0.2, -0.15) is 0 Å². The van der Waals surface area contributed by atoms with Crippen LogP contribution >= 0.6 is 35.0 Å². The van der Waals surface area contributed by atoms with Gasteiger partial charge in [-0.05, 0) is 48.2 Å². The Bertz CT molecular complexity index is 893. The van der Waals surface area contributed by atoms with Crippen molar-refractivity contribution < 1.29 is 14.3 Å². The second kappa shape index (κ2) is 13.6. The molecule has 0 spiro atoms. The Balaban J connectivity index is 2.13. The van der Waals surface area contributed by atoms with Gasteiger partial charge in [-0.25, -0.2) is 0 Å². The van der Waals surface area contributed by atoms with Crippen molar-refractivity contribution in [2.24, 2.45) is 0 Å². The minimum absolute atomic E-state index is 0.104. The molecule has 2 aromatic rings. The molecular formula is C24H30Cl2N2O3S. The molecule has 2 amide bonds. The van der Waals surface area contributed by atoms with E-state index in [1.165, 1.54) is 11.8 Å². The van der Waals surface area contributed by atoms with E-state index in [-0.39, 0.29) is 24.1 Å². The molecule has 1 N–H and O–H groups in total. The van der Waals surface area contributed by atoms with E-state index >= 15 is 0 Å². The van der Waals surface area contributed by atoms with Crippen molar-refractivity contribution in [3.63, 3.8) is 0 Å². The van der Waals surface area contributed by atoms with Crippen molar-refractivity contribution in [1.82, 2.24) is 10.2 Å². The van der Waals surface area contributed by atoms with Crippen LogP contribution in [0.5, 0.6) is 5.75 Å². The number of hydrogen-bond acceptors (Lipinski definition) is 4. The summed E-state index contributed by atoms with van der Waals surface area (Å²) in [7, 11) is 1.63. The highest BCUT2D eigenvalue weighted by Crippen LogP contribution is 2.25. The molecule has 5 nitrogen and oxygen atoms in total. The quantitative estimate of drug-likeness (QED) is 0.417. The number of halogens is 2. The number of thioether (sulfide) groups is 1. The van der Waals surface area contributed by atoms with Crippen molar-refractivity contribution in [2.75, 3.05) is 19.4 Å². The fraction of sp³-hybridized carbons (Fsp3) is 0.417. The highest BCUT2D eigenvalue weighted by atomic mass is 35.5. The number of benzene rings is 2. The molecule has 0 radical (unpaired) electrons. The van der Waals surface area contributed by atoms with Crippen molar-refractivity contribution in [3.8, 4) is 5.75 Å². The number of nitrogens with zero attached hydrogens (tertiary/aromatic N) is 1. The maximum absolute atomic E-state index is 13.2. The SMILES string of the molecule is CCCNC(=O)C(CC)N(Cc1ccc(Cl)cc1Cl)C(=O)CSCc1ccc(OC)cc1. The molecule has 1 unspecified atom stereocenters. The number of nitrogens with one attached hydrogen (secondary N) is 1. The average Bonchev–Trinajstić information content (AvgIpc) is 2.79. The van der Waals surface area contributed by atoms with Gasteiger partial charge in [0.15, 0.2) is 0 Å². The molecule has 0 saturated carbocycles. The molecule has 0 saturated heterocycles. The summed E-state index contributed by atoms with van der Waals surface area (Å²) < 4.78 is 5.18. The first-order chi connectivity index (χ1) is 15.4. The Morgan fingerprint density at radius 1 is 1.12 bits per heavy atom. The van der Waals surface area contributed by atoms with Crippen LogP contribution in [0.4, 0.5) is 0 Å². The number of carbonyl (C=O) groups is 2. The first-order valence-electron chi connectivity index (χ1n) is 10.6. The van der Waals surface area contributed by atoms with Gasteiger partial charge in [0.25, 0.3) is 0 Å². The van der Waals surface area contributed by atoms with Crippen LogP contribution in [-0.2, 0) is 21.9 Å². The fourth-order valence-electron chi connectivity index (χ4n) is 3.18. The molecule has 8 heteroatoms. The minimum Gasteiger partial charge on any atom is -0.497 e. The normalized spacial score (nSPS) is 11.7. The Morgan fingerprint density at radius 2 is 1.84 bits per heavy atom. The number of rotatable bonds is 12. The molecule has 2 rings (SSSR count). The predicted molar refractivity (Wildman–Crippen MR) is 134 cm³/mol. The molecule has 0 aliphatic rings. The zero-order valence-electron chi connectivity index (χ0n) is 18.7. The standard InChI is InChI=1S/C24H30Cl2N2O3S/c1-4-12-27-24(30)22(5-2)28(14-18-8-9-19(25)13-21(18)26)23(29)16-32-15-17-6-10-20(31-3)11-7-17/h6-11,13,22H,4-5,12,14-16H2,1-3H3,(H,27,30). The molecule has 0 heterocycles. The summed E-state index contributed by atoms with van der Waals surface area (Å²) in [6.07, 6.45) is 1.34. The summed E-state index contributed by atoms with van der Waals surface area (Å²) in [5.41, 5.74) is 1.86. The molecule has 32 heavy (non-hydrogen) atoms. The maximum atomic E-state index is 13.2. The topological polar surface area (TPSA) is 58.6 Å². The average molecular weight is 497 g/mol. The summed E-state index contributed by atoms with van der Waals surface area (Å²) in [5.74, 6) is 1.49. The van der Waals surface area contributed by atoms with Gasteiger partial charge < -0.3 is 15.0 Å². The van der Waals surface area contributed by atoms with Gasteiger partial charge in [0.05, 0.1) is 12.9 Å². The third-order valence-corrected chi connectivity index (χ3v) is 6.52. The number of methoxy groups -OCH3 is 1.